The number of halogens is 1. The topological polar surface area (TPSA) is 58.5 Å². The van der Waals surface area contributed by atoms with Crippen LogP contribution in [0.3, 0.4) is 0 Å². The van der Waals surface area contributed by atoms with E-state index >= 15 is 0 Å². The van der Waals surface area contributed by atoms with Crippen molar-refractivity contribution >= 4 is 57.3 Å². The molecule has 0 atom stereocenters. The summed E-state index contributed by atoms with van der Waals surface area (Å²) in [5, 5.41) is 0.587. The van der Waals surface area contributed by atoms with Crippen LogP contribution < -0.4 is 5.43 Å². The second-order valence-electron chi connectivity index (χ2n) is 1.93. The van der Waals surface area contributed by atoms with Gasteiger partial charge in [-0.05, 0) is 24.3 Å². The molecule has 0 fully saturated rings. The molecule has 0 amide bonds. The van der Waals surface area contributed by atoms with Gasteiger partial charge in [0.1, 0.15) is 0 Å². The summed E-state index contributed by atoms with van der Waals surface area (Å²) in [6, 6.07) is 6.51. The summed E-state index contributed by atoms with van der Waals surface area (Å²) in [6.45, 7) is 0. The van der Waals surface area contributed by atoms with Gasteiger partial charge in [-0.1, -0.05) is 16.1 Å². The Morgan fingerprint density at radius 1 is 1.23 bits per heavy atom. The number of hydrogen-bond donors (Lipinski definition) is 1. The molecule has 0 spiro atoms. The average molecular weight is 229 g/mol. The molecule has 0 aliphatic carbocycles. The zero-order chi connectivity index (χ0) is 8.97. The van der Waals surface area contributed by atoms with E-state index in [4.69, 9.17) is 11.6 Å². The molecule has 0 bridgehead atoms. The molecule has 0 aromatic heterocycles. The standard InChI is InChI=1S/C6H5ClN2O2S.Na.H/c7-5-1-3-6(4-2-5)8-9-12(10)11;;/h1-4,8H;;. The van der Waals surface area contributed by atoms with Crippen LogP contribution in [0.2, 0.25) is 5.02 Å². The van der Waals surface area contributed by atoms with Crippen molar-refractivity contribution in [3.8, 4) is 0 Å². The first-order chi connectivity index (χ1) is 5.68. The van der Waals surface area contributed by atoms with E-state index in [9.17, 15) is 8.42 Å². The van der Waals surface area contributed by atoms with Crippen LogP contribution in [0.5, 0.6) is 0 Å². The molecule has 66 valence electrons. The predicted octanol–water partition coefficient (Wildman–Crippen LogP) is 1.08. The van der Waals surface area contributed by atoms with Crippen LogP contribution in [0.1, 0.15) is 0 Å². The van der Waals surface area contributed by atoms with Gasteiger partial charge in [-0.3, -0.25) is 5.43 Å². The van der Waals surface area contributed by atoms with Gasteiger partial charge in [0.15, 0.2) is 0 Å². The molecule has 13 heavy (non-hydrogen) atoms. The number of rotatable bonds is 2. The van der Waals surface area contributed by atoms with Gasteiger partial charge in [0.05, 0.1) is 5.69 Å². The van der Waals surface area contributed by atoms with E-state index in [1.807, 2.05) is 0 Å². The first-order valence-electron chi connectivity index (χ1n) is 3.00. The van der Waals surface area contributed by atoms with Crippen molar-refractivity contribution in [3.63, 3.8) is 0 Å². The van der Waals surface area contributed by atoms with Crippen LogP contribution in [0, 0.1) is 0 Å². The SMILES string of the molecule is O=S(=O)=NNc1ccc(Cl)cc1.[NaH]. The average Bonchev–Trinajstić information content (AvgIpc) is 2.03. The van der Waals surface area contributed by atoms with Gasteiger partial charge in [-0.25, -0.2) is 0 Å². The van der Waals surface area contributed by atoms with Gasteiger partial charge in [0, 0.05) is 5.02 Å². The molecule has 0 radical (unpaired) electrons. The maximum atomic E-state index is 9.98. The summed E-state index contributed by atoms with van der Waals surface area (Å²) in [5.74, 6) is 0. The molecule has 0 saturated carbocycles. The Bertz CT molecular complexity index is 382. The number of anilines is 1. The van der Waals surface area contributed by atoms with E-state index in [0.717, 1.165) is 0 Å². The third-order valence-electron chi connectivity index (χ3n) is 1.09. The van der Waals surface area contributed by atoms with E-state index < -0.39 is 10.5 Å². The summed E-state index contributed by atoms with van der Waals surface area (Å²) in [6.07, 6.45) is 0. The second-order valence-corrected chi connectivity index (χ2v) is 2.98. The fraction of sp³-hybridized carbons (Fsp3) is 0. The van der Waals surface area contributed by atoms with E-state index in [0.29, 0.717) is 10.7 Å². The fourth-order valence-electron chi connectivity index (χ4n) is 0.614. The van der Waals surface area contributed by atoms with Crippen LogP contribution in [0.4, 0.5) is 5.69 Å². The molecular formula is C6H6ClN2NaO2S. The number of nitrogens with one attached hydrogen (secondary N) is 1. The maximum absolute atomic E-state index is 9.98. The van der Waals surface area contributed by atoms with Crippen molar-refractivity contribution in [2.75, 3.05) is 5.43 Å². The third-order valence-corrected chi connectivity index (χ3v) is 1.59. The Morgan fingerprint density at radius 3 is 2.23 bits per heavy atom. The van der Waals surface area contributed by atoms with Gasteiger partial charge in [-0.15, -0.1) is 0 Å². The van der Waals surface area contributed by atoms with E-state index in [-0.39, 0.29) is 29.6 Å². The van der Waals surface area contributed by atoms with E-state index in [1.165, 1.54) is 0 Å². The van der Waals surface area contributed by atoms with Crippen LogP contribution in [-0.2, 0) is 10.5 Å². The molecule has 0 aliphatic heterocycles. The molecule has 1 N–H and O–H groups in total. The Hall–Kier alpha value is -0.0700. The predicted molar refractivity (Wildman–Crippen MR) is 53.6 cm³/mol. The van der Waals surface area contributed by atoms with Crippen LogP contribution in [0.15, 0.2) is 28.7 Å². The van der Waals surface area contributed by atoms with Gasteiger partial charge < -0.3 is 0 Å². The van der Waals surface area contributed by atoms with Crippen molar-refractivity contribution in [1.29, 1.82) is 0 Å². The van der Waals surface area contributed by atoms with Crippen molar-refractivity contribution < 1.29 is 8.42 Å². The zero-order valence-corrected chi connectivity index (χ0v) is 7.43. The second kappa shape index (κ2) is 6.39. The quantitative estimate of drug-likeness (QED) is 0.609. The van der Waals surface area contributed by atoms with Crippen molar-refractivity contribution in [3.05, 3.63) is 29.3 Å². The van der Waals surface area contributed by atoms with Gasteiger partial charge in [0.2, 0.25) is 0 Å². The summed E-state index contributed by atoms with van der Waals surface area (Å²) < 4.78 is 23.0. The molecule has 0 unspecified atom stereocenters. The summed E-state index contributed by atoms with van der Waals surface area (Å²) in [4.78, 5) is 0. The zero-order valence-electron chi connectivity index (χ0n) is 5.86. The molecule has 0 heterocycles. The summed E-state index contributed by atoms with van der Waals surface area (Å²) in [5.41, 5.74) is 2.90. The Morgan fingerprint density at radius 2 is 1.77 bits per heavy atom. The Labute approximate surface area is 104 Å². The summed E-state index contributed by atoms with van der Waals surface area (Å²) >= 11 is 5.59. The van der Waals surface area contributed by atoms with Gasteiger partial charge in [-0.2, -0.15) is 8.42 Å². The number of hydrogen-bond acceptors (Lipinski definition) is 3. The molecule has 1 aromatic rings. The molecule has 0 saturated heterocycles. The van der Waals surface area contributed by atoms with Crippen molar-refractivity contribution in [2.24, 2.45) is 4.47 Å². The molecule has 0 aliphatic rings. The molecule has 1 aromatic carbocycles. The fourth-order valence-corrected chi connectivity index (χ4v) is 0.920. The Kier molecular flexibility index (Phi) is 6.36. The Balaban J connectivity index is 0.00000144. The van der Waals surface area contributed by atoms with E-state index in [1.54, 1.807) is 24.3 Å². The first kappa shape index (κ1) is 12.9. The third kappa shape index (κ3) is 5.28. The van der Waals surface area contributed by atoms with Gasteiger partial charge in [0.25, 0.3) is 0 Å². The van der Waals surface area contributed by atoms with Crippen molar-refractivity contribution in [1.82, 2.24) is 0 Å². The minimum atomic E-state index is -2.44. The first-order valence-corrected chi connectivity index (χ1v) is 4.41. The number of benzene rings is 1. The van der Waals surface area contributed by atoms with Crippen molar-refractivity contribution in [2.45, 2.75) is 0 Å². The minimum absolute atomic E-state index is 0. The van der Waals surface area contributed by atoms with Crippen LogP contribution in [-0.4, -0.2) is 38.0 Å². The molecular weight excluding hydrogens is 223 g/mol. The normalized spacial score (nSPS) is 8.38. The van der Waals surface area contributed by atoms with E-state index in [2.05, 4.69) is 9.90 Å². The monoisotopic (exact) mass is 228 g/mol. The molecule has 7 heteroatoms. The van der Waals surface area contributed by atoms with Crippen LogP contribution >= 0.6 is 11.6 Å². The van der Waals surface area contributed by atoms with Crippen LogP contribution in [0.25, 0.3) is 0 Å². The summed E-state index contributed by atoms with van der Waals surface area (Å²) in [7, 11) is -2.44. The molecule has 4 nitrogen and oxygen atoms in total. The van der Waals surface area contributed by atoms with Gasteiger partial charge >= 0.3 is 40.1 Å². The molecule has 1 rings (SSSR count). The number of nitrogens with zero attached hydrogens (tertiary/aromatic N) is 1.